The van der Waals surface area contributed by atoms with Crippen molar-refractivity contribution >= 4 is 35.1 Å². The molecule has 1 aliphatic rings. The summed E-state index contributed by atoms with van der Waals surface area (Å²) in [6.45, 7) is 1.95. The zero-order valence-electron chi connectivity index (χ0n) is 17.4. The minimum atomic E-state index is -0.660. The fraction of sp³-hybridized carbons (Fsp3) is 0.273. The van der Waals surface area contributed by atoms with E-state index in [1.54, 1.807) is 6.07 Å². The molecule has 0 atom stereocenters. The number of nitrogens with one attached hydrogen (secondary N) is 1. The first-order valence-electron chi connectivity index (χ1n) is 9.47. The van der Waals surface area contributed by atoms with Gasteiger partial charge in [0, 0.05) is 18.7 Å². The number of rotatable bonds is 6. The Morgan fingerprint density at radius 3 is 2.29 bits per heavy atom. The quantitative estimate of drug-likeness (QED) is 0.706. The van der Waals surface area contributed by atoms with Crippen molar-refractivity contribution in [3.63, 3.8) is 0 Å². The second kappa shape index (κ2) is 9.29. The molecule has 2 aromatic carbocycles. The molecule has 31 heavy (non-hydrogen) atoms. The smallest absolute Gasteiger partial charge is 0.337 e. The number of carbonyl (C=O) groups is 4. The van der Waals surface area contributed by atoms with E-state index in [2.05, 4.69) is 14.8 Å². The third kappa shape index (κ3) is 5.00. The summed E-state index contributed by atoms with van der Waals surface area (Å²) in [5.74, 6) is -1.38. The number of ether oxygens (including phenoxy) is 3. The molecule has 1 aliphatic heterocycles. The molecule has 0 fully saturated rings. The minimum Gasteiger partial charge on any atom is -0.482 e. The first-order chi connectivity index (χ1) is 14.8. The summed E-state index contributed by atoms with van der Waals surface area (Å²) in [5.41, 5.74) is 1.99. The standard InChI is InChI=1S/C22H22N2O7/c1-13-4-5-18-17(8-13)24(20(26)12-31-18)7-6-19(25)23-16-10-14(21(27)29-2)9-15(11-16)22(28)30-3/h4-5,8-11H,6-7,12H2,1-3H3,(H,23,25). The van der Waals surface area contributed by atoms with Crippen molar-refractivity contribution in [2.24, 2.45) is 0 Å². The predicted octanol–water partition coefficient (Wildman–Crippen LogP) is 2.32. The van der Waals surface area contributed by atoms with E-state index in [9.17, 15) is 19.2 Å². The van der Waals surface area contributed by atoms with E-state index in [1.165, 1.54) is 37.3 Å². The summed E-state index contributed by atoms with van der Waals surface area (Å²) >= 11 is 0. The maximum Gasteiger partial charge on any atom is 0.337 e. The van der Waals surface area contributed by atoms with E-state index in [1.807, 2.05) is 19.1 Å². The van der Waals surface area contributed by atoms with Crippen molar-refractivity contribution in [1.29, 1.82) is 0 Å². The van der Waals surface area contributed by atoms with Gasteiger partial charge in [0.25, 0.3) is 5.91 Å². The molecule has 1 heterocycles. The Morgan fingerprint density at radius 1 is 1.03 bits per heavy atom. The highest BCUT2D eigenvalue weighted by molar-refractivity contribution is 6.01. The van der Waals surface area contributed by atoms with Gasteiger partial charge < -0.3 is 24.4 Å². The molecule has 0 aliphatic carbocycles. The predicted molar refractivity (Wildman–Crippen MR) is 111 cm³/mol. The number of hydrogen-bond acceptors (Lipinski definition) is 7. The third-order valence-electron chi connectivity index (χ3n) is 4.68. The number of fused-ring (bicyclic) bond motifs is 1. The lowest BCUT2D eigenvalue weighted by molar-refractivity contribution is -0.121. The Balaban J connectivity index is 1.74. The van der Waals surface area contributed by atoms with Gasteiger partial charge in [-0.2, -0.15) is 0 Å². The van der Waals surface area contributed by atoms with Crippen LogP contribution < -0.4 is 15.0 Å². The summed E-state index contributed by atoms with van der Waals surface area (Å²) in [4.78, 5) is 50.1. The Morgan fingerprint density at radius 2 is 1.68 bits per heavy atom. The van der Waals surface area contributed by atoms with Crippen LogP contribution in [0.2, 0.25) is 0 Å². The van der Waals surface area contributed by atoms with Crippen molar-refractivity contribution in [2.75, 3.05) is 37.6 Å². The molecular formula is C22H22N2O7. The minimum absolute atomic E-state index is 0.00483. The fourth-order valence-corrected chi connectivity index (χ4v) is 3.17. The van der Waals surface area contributed by atoms with Gasteiger partial charge in [0.1, 0.15) is 5.75 Å². The van der Waals surface area contributed by atoms with Crippen LogP contribution in [0, 0.1) is 6.92 Å². The number of carbonyl (C=O) groups excluding carboxylic acids is 4. The molecule has 0 saturated carbocycles. The van der Waals surface area contributed by atoms with Gasteiger partial charge in [-0.3, -0.25) is 9.59 Å². The zero-order chi connectivity index (χ0) is 22.5. The number of aryl methyl sites for hydroxylation is 1. The van der Waals surface area contributed by atoms with Crippen LogP contribution in [0.25, 0.3) is 0 Å². The number of amides is 2. The molecule has 162 valence electrons. The highest BCUT2D eigenvalue weighted by atomic mass is 16.5. The molecule has 0 unspecified atom stereocenters. The van der Waals surface area contributed by atoms with E-state index in [0.717, 1.165) is 5.56 Å². The Kier molecular flexibility index (Phi) is 6.54. The lowest BCUT2D eigenvalue weighted by Gasteiger charge is -2.29. The third-order valence-corrected chi connectivity index (χ3v) is 4.68. The fourth-order valence-electron chi connectivity index (χ4n) is 3.17. The lowest BCUT2D eigenvalue weighted by Crippen LogP contribution is -2.40. The average molecular weight is 426 g/mol. The van der Waals surface area contributed by atoms with Crippen LogP contribution in [-0.4, -0.2) is 51.1 Å². The second-order valence-corrected chi connectivity index (χ2v) is 6.89. The van der Waals surface area contributed by atoms with Gasteiger partial charge in [0.2, 0.25) is 5.91 Å². The largest absolute Gasteiger partial charge is 0.482 e. The molecule has 0 radical (unpaired) electrons. The van der Waals surface area contributed by atoms with Gasteiger partial charge in [0.15, 0.2) is 6.61 Å². The summed E-state index contributed by atoms with van der Waals surface area (Å²) in [5, 5.41) is 2.65. The van der Waals surface area contributed by atoms with Crippen LogP contribution in [0.3, 0.4) is 0 Å². The van der Waals surface area contributed by atoms with E-state index < -0.39 is 17.8 Å². The van der Waals surface area contributed by atoms with Gasteiger partial charge in [-0.25, -0.2) is 9.59 Å². The summed E-state index contributed by atoms with van der Waals surface area (Å²) in [6.07, 6.45) is -0.00483. The van der Waals surface area contributed by atoms with Gasteiger partial charge in [-0.1, -0.05) is 6.07 Å². The number of hydrogen-bond donors (Lipinski definition) is 1. The monoisotopic (exact) mass is 426 g/mol. The van der Waals surface area contributed by atoms with Crippen LogP contribution in [-0.2, 0) is 19.1 Å². The second-order valence-electron chi connectivity index (χ2n) is 6.89. The number of esters is 2. The maximum absolute atomic E-state index is 12.5. The molecule has 1 N–H and O–H groups in total. The van der Waals surface area contributed by atoms with E-state index in [0.29, 0.717) is 11.4 Å². The number of anilines is 2. The molecular weight excluding hydrogens is 404 g/mol. The van der Waals surface area contributed by atoms with Crippen LogP contribution in [0.4, 0.5) is 11.4 Å². The van der Waals surface area contributed by atoms with Crippen LogP contribution in [0.15, 0.2) is 36.4 Å². The van der Waals surface area contributed by atoms with Crippen molar-refractivity contribution in [2.45, 2.75) is 13.3 Å². The van der Waals surface area contributed by atoms with Gasteiger partial charge >= 0.3 is 11.9 Å². The molecule has 3 rings (SSSR count). The Bertz CT molecular complexity index is 1010. The van der Waals surface area contributed by atoms with Crippen molar-refractivity contribution in [1.82, 2.24) is 0 Å². The van der Waals surface area contributed by atoms with Crippen LogP contribution in [0.1, 0.15) is 32.7 Å². The van der Waals surface area contributed by atoms with Crippen molar-refractivity contribution in [3.8, 4) is 5.75 Å². The Labute approximate surface area is 178 Å². The molecule has 2 amide bonds. The number of benzene rings is 2. The normalized spacial score (nSPS) is 12.5. The number of methoxy groups -OCH3 is 2. The van der Waals surface area contributed by atoms with Gasteiger partial charge in [-0.15, -0.1) is 0 Å². The highest BCUT2D eigenvalue weighted by Crippen LogP contribution is 2.32. The molecule has 9 nitrogen and oxygen atoms in total. The van der Waals surface area contributed by atoms with E-state index in [4.69, 9.17) is 4.74 Å². The molecule has 2 aromatic rings. The van der Waals surface area contributed by atoms with Crippen LogP contribution >= 0.6 is 0 Å². The first-order valence-corrected chi connectivity index (χ1v) is 9.47. The SMILES string of the molecule is COC(=O)c1cc(NC(=O)CCN2C(=O)COc3ccc(C)cc32)cc(C(=O)OC)c1. The van der Waals surface area contributed by atoms with Crippen molar-refractivity contribution in [3.05, 3.63) is 53.1 Å². The average Bonchev–Trinajstić information content (AvgIpc) is 2.76. The molecule has 0 aromatic heterocycles. The van der Waals surface area contributed by atoms with E-state index >= 15 is 0 Å². The topological polar surface area (TPSA) is 111 Å². The summed E-state index contributed by atoms with van der Waals surface area (Å²) in [6, 6.07) is 9.61. The number of nitrogens with zero attached hydrogens (tertiary/aromatic N) is 1. The zero-order valence-corrected chi connectivity index (χ0v) is 17.4. The van der Waals surface area contributed by atoms with Crippen molar-refractivity contribution < 1.29 is 33.4 Å². The molecule has 9 heteroatoms. The molecule has 0 bridgehead atoms. The maximum atomic E-state index is 12.5. The first kappa shape index (κ1) is 21.8. The summed E-state index contributed by atoms with van der Waals surface area (Å²) < 4.78 is 14.8. The molecule has 0 saturated heterocycles. The highest BCUT2D eigenvalue weighted by Gasteiger charge is 2.26. The van der Waals surface area contributed by atoms with Gasteiger partial charge in [0.05, 0.1) is 31.0 Å². The molecule has 0 spiro atoms. The van der Waals surface area contributed by atoms with Crippen LogP contribution in [0.5, 0.6) is 5.75 Å². The van der Waals surface area contributed by atoms with Gasteiger partial charge in [-0.05, 0) is 42.8 Å². The van der Waals surface area contributed by atoms with E-state index in [-0.39, 0.29) is 42.3 Å². The Hall–Kier alpha value is -3.88. The lowest BCUT2D eigenvalue weighted by atomic mass is 10.1. The summed E-state index contributed by atoms with van der Waals surface area (Å²) in [7, 11) is 2.43.